The first-order valence-corrected chi connectivity index (χ1v) is 5.70. The number of hydrogen-bond acceptors (Lipinski definition) is 4. The molecule has 2 rings (SSSR count). The molecular weight excluding hydrogens is 232 g/mol. The standard InChI is InChI=1S/C14H14O4/c1-2-17-14(15)10-18-13-5-3-4-11(8-13)12-6-7-16-9-12/h3-9H,2,10H2,1H3. The zero-order valence-electron chi connectivity index (χ0n) is 10.1. The van der Waals surface area contributed by atoms with Crippen LogP contribution in [0.2, 0.25) is 0 Å². The monoisotopic (exact) mass is 246 g/mol. The molecule has 0 aliphatic rings. The molecule has 0 unspecified atom stereocenters. The van der Waals surface area contributed by atoms with Crippen molar-refractivity contribution in [1.82, 2.24) is 0 Å². The fraction of sp³-hybridized carbons (Fsp3) is 0.214. The van der Waals surface area contributed by atoms with Crippen molar-refractivity contribution in [2.24, 2.45) is 0 Å². The lowest BCUT2D eigenvalue weighted by molar-refractivity contribution is -0.145. The predicted molar refractivity (Wildman–Crippen MR) is 66.3 cm³/mol. The molecule has 4 heteroatoms. The van der Waals surface area contributed by atoms with Crippen LogP contribution in [0.1, 0.15) is 6.92 Å². The molecule has 0 saturated heterocycles. The normalized spacial score (nSPS) is 10.1. The van der Waals surface area contributed by atoms with Gasteiger partial charge in [0.15, 0.2) is 6.61 Å². The van der Waals surface area contributed by atoms with Gasteiger partial charge in [-0.25, -0.2) is 4.79 Å². The molecule has 0 N–H and O–H groups in total. The lowest BCUT2D eigenvalue weighted by Gasteiger charge is -2.06. The summed E-state index contributed by atoms with van der Waals surface area (Å²) < 4.78 is 15.2. The lowest BCUT2D eigenvalue weighted by Crippen LogP contribution is -2.14. The highest BCUT2D eigenvalue weighted by Gasteiger charge is 2.05. The van der Waals surface area contributed by atoms with Gasteiger partial charge in [-0.1, -0.05) is 12.1 Å². The van der Waals surface area contributed by atoms with Gasteiger partial charge in [0.25, 0.3) is 0 Å². The van der Waals surface area contributed by atoms with Crippen LogP contribution in [0.3, 0.4) is 0 Å². The molecule has 0 aliphatic carbocycles. The Morgan fingerprint density at radius 1 is 1.28 bits per heavy atom. The maximum Gasteiger partial charge on any atom is 0.344 e. The number of benzene rings is 1. The molecule has 18 heavy (non-hydrogen) atoms. The minimum atomic E-state index is -0.369. The van der Waals surface area contributed by atoms with Gasteiger partial charge in [0.2, 0.25) is 0 Å². The largest absolute Gasteiger partial charge is 0.482 e. The first-order chi connectivity index (χ1) is 8.79. The molecule has 0 aliphatic heterocycles. The summed E-state index contributed by atoms with van der Waals surface area (Å²) in [4.78, 5) is 11.2. The smallest absolute Gasteiger partial charge is 0.344 e. The van der Waals surface area contributed by atoms with Crippen LogP contribution in [-0.4, -0.2) is 19.2 Å². The number of rotatable bonds is 5. The summed E-state index contributed by atoms with van der Waals surface area (Å²) in [5.74, 6) is 0.257. The van der Waals surface area contributed by atoms with Crippen molar-refractivity contribution in [3.05, 3.63) is 42.9 Å². The highest BCUT2D eigenvalue weighted by Crippen LogP contribution is 2.24. The average Bonchev–Trinajstić information content (AvgIpc) is 2.91. The Morgan fingerprint density at radius 2 is 2.17 bits per heavy atom. The second-order valence-electron chi connectivity index (χ2n) is 3.63. The Bertz CT molecular complexity index is 502. The summed E-state index contributed by atoms with van der Waals surface area (Å²) in [6, 6.07) is 9.32. The molecule has 4 nitrogen and oxygen atoms in total. The lowest BCUT2D eigenvalue weighted by atomic mass is 10.1. The van der Waals surface area contributed by atoms with Crippen molar-refractivity contribution >= 4 is 5.97 Å². The Kier molecular flexibility index (Phi) is 4.02. The van der Waals surface area contributed by atoms with E-state index in [4.69, 9.17) is 13.9 Å². The van der Waals surface area contributed by atoms with E-state index in [1.54, 1.807) is 25.5 Å². The van der Waals surface area contributed by atoms with Gasteiger partial charge in [0, 0.05) is 5.56 Å². The van der Waals surface area contributed by atoms with Crippen LogP contribution in [-0.2, 0) is 9.53 Å². The van der Waals surface area contributed by atoms with Gasteiger partial charge in [-0.3, -0.25) is 0 Å². The van der Waals surface area contributed by atoms with E-state index in [1.165, 1.54) is 0 Å². The molecule has 0 fully saturated rings. The molecule has 0 saturated carbocycles. The number of ether oxygens (including phenoxy) is 2. The van der Waals surface area contributed by atoms with Crippen LogP contribution >= 0.6 is 0 Å². The van der Waals surface area contributed by atoms with E-state index in [1.807, 2.05) is 24.3 Å². The molecule has 0 bridgehead atoms. The number of furan rings is 1. The minimum Gasteiger partial charge on any atom is -0.482 e. The highest BCUT2D eigenvalue weighted by molar-refractivity contribution is 5.71. The number of hydrogen-bond donors (Lipinski definition) is 0. The van der Waals surface area contributed by atoms with Gasteiger partial charge in [-0.15, -0.1) is 0 Å². The Hall–Kier alpha value is -2.23. The molecule has 1 aromatic heterocycles. The van der Waals surface area contributed by atoms with Crippen LogP contribution in [0.15, 0.2) is 47.3 Å². The van der Waals surface area contributed by atoms with Crippen LogP contribution in [0.4, 0.5) is 0 Å². The summed E-state index contributed by atoms with van der Waals surface area (Å²) in [6.07, 6.45) is 3.27. The average molecular weight is 246 g/mol. The predicted octanol–water partition coefficient (Wildman–Crippen LogP) is 2.89. The molecule has 0 amide bonds. The maximum atomic E-state index is 11.2. The topological polar surface area (TPSA) is 48.7 Å². The molecule has 0 spiro atoms. The van der Waals surface area contributed by atoms with Gasteiger partial charge in [-0.05, 0) is 30.7 Å². The van der Waals surface area contributed by atoms with Crippen molar-refractivity contribution in [1.29, 1.82) is 0 Å². The van der Waals surface area contributed by atoms with Crippen LogP contribution in [0.5, 0.6) is 5.75 Å². The zero-order chi connectivity index (χ0) is 12.8. The second-order valence-corrected chi connectivity index (χ2v) is 3.63. The van der Waals surface area contributed by atoms with Crippen LogP contribution in [0.25, 0.3) is 11.1 Å². The SMILES string of the molecule is CCOC(=O)COc1cccc(-c2ccoc2)c1. The van der Waals surface area contributed by atoms with Crippen LogP contribution in [0, 0.1) is 0 Å². The third-order valence-corrected chi connectivity index (χ3v) is 2.35. The molecular formula is C14H14O4. The summed E-state index contributed by atoms with van der Waals surface area (Å²) in [5.41, 5.74) is 1.95. The number of carbonyl (C=O) groups excluding carboxylic acids is 1. The zero-order valence-corrected chi connectivity index (χ0v) is 10.1. The van der Waals surface area contributed by atoms with Gasteiger partial charge in [-0.2, -0.15) is 0 Å². The summed E-state index contributed by atoms with van der Waals surface area (Å²) >= 11 is 0. The summed E-state index contributed by atoms with van der Waals surface area (Å²) in [7, 11) is 0. The fourth-order valence-electron chi connectivity index (χ4n) is 1.54. The van der Waals surface area contributed by atoms with Crippen LogP contribution < -0.4 is 4.74 Å². The molecule has 94 valence electrons. The fourth-order valence-corrected chi connectivity index (χ4v) is 1.54. The van der Waals surface area contributed by atoms with Crippen molar-refractivity contribution < 1.29 is 18.7 Å². The van der Waals surface area contributed by atoms with E-state index in [9.17, 15) is 4.79 Å². The van der Waals surface area contributed by atoms with E-state index >= 15 is 0 Å². The van der Waals surface area contributed by atoms with E-state index in [0.29, 0.717) is 12.4 Å². The summed E-state index contributed by atoms with van der Waals surface area (Å²) in [5, 5.41) is 0. The third kappa shape index (κ3) is 3.13. The Balaban J connectivity index is 2.02. The molecule has 1 heterocycles. The van der Waals surface area contributed by atoms with E-state index in [2.05, 4.69) is 0 Å². The molecule has 0 radical (unpaired) electrons. The van der Waals surface area contributed by atoms with Gasteiger partial charge < -0.3 is 13.9 Å². The van der Waals surface area contributed by atoms with E-state index in [-0.39, 0.29) is 12.6 Å². The molecule has 0 atom stereocenters. The van der Waals surface area contributed by atoms with Gasteiger partial charge in [0.1, 0.15) is 5.75 Å². The van der Waals surface area contributed by atoms with Crippen molar-refractivity contribution in [2.75, 3.05) is 13.2 Å². The maximum absolute atomic E-state index is 11.2. The molecule has 1 aromatic carbocycles. The number of carbonyl (C=O) groups is 1. The Morgan fingerprint density at radius 3 is 2.89 bits per heavy atom. The second kappa shape index (κ2) is 5.91. The van der Waals surface area contributed by atoms with Gasteiger partial charge in [0.05, 0.1) is 19.1 Å². The van der Waals surface area contributed by atoms with E-state index in [0.717, 1.165) is 11.1 Å². The van der Waals surface area contributed by atoms with Crippen molar-refractivity contribution in [3.63, 3.8) is 0 Å². The van der Waals surface area contributed by atoms with Gasteiger partial charge >= 0.3 is 5.97 Å². The first-order valence-electron chi connectivity index (χ1n) is 5.70. The van der Waals surface area contributed by atoms with Crippen molar-refractivity contribution in [2.45, 2.75) is 6.92 Å². The summed E-state index contributed by atoms with van der Waals surface area (Å²) in [6.45, 7) is 2.04. The third-order valence-electron chi connectivity index (χ3n) is 2.35. The van der Waals surface area contributed by atoms with Crippen molar-refractivity contribution in [3.8, 4) is 16.9 Å². The minimum absolute atomic E-state index is 0.0807. The highest BCUT2D eigenvalue weighted by atomic mass is 16.6. The Labute approximate surface area is 105 Å². The molecule has 2 aromatic rings. The van der Waals surface area contributed by atoms with E-state index < -0.39 is 0 Å². The number of esters is 1. The first kappa shape index (κ1) is 12.2. The quantitative estimate of drug-likeness (QED) is 0.761.